The number of rotatable bonds is 0. The molecule has 0 aliphatic heterocycles. The van der Waals surface area contributed by atoms with Gasteiger partial charge in [-0.2, -0.15) is 14.0 Å². The van der Waals surface area contributed by atoms with Crippen molar-refractivity contribution < 1.29 is 8.78 Å². The summed E-state index contributed by atoms with van der Waals surface area (Å²) in [6, 6.07) is 11.4. The Hall–Kier alpha value is -2.21. The fraction of sp³-hybridized carbons (Fsp3) is 0.133. The number of hydrogen-bond acceptors (Lipinski definition) is 1. The summed E-state index contributed by atoms with van der Waals surface area (Å²) in [7, 11) is 0. The molecule has 18 heavy (non-hydrogen) atoms. The molecule has 0 saturated heterocycles. The van der Waals surface area contributed by atoms with Gasteiger partial charge in [-0.3, -0.25) is 0 Å². The van der Waals surface area contributed by atoms with E-state index in [1.54, 1.807) is 25.1 Å². The third-order valence-corrected chi connectivity index (χ3v) is 3.29. The van der Waals surface area contributed by atoms with Crippen molar-refractivity contribution in [2.75, 3.05) is 0 Å². The predicted octanol–water partition coefficient (Wildman–Crippen LogP) is 3.99. The second kappa shape index (κ2) is 3.39. The van der Waals surface area contributed by atoms with Crippen LogP contribution >= 0.6 is 0 Å². The first kappa shape index (κ1) is 10.9. The van der Waals surface area contributed by atoms with Gasteiger partial charge in [0.15, 0.2) is 0 Å². The summed E-state index contributed by atoms with van der Waals surface area (Å²) in [6.07, 6.45) is 0. The lowest BCUT2D eigenvalue weighted by Crippen LogP contribution is -2.11. The molecular weight excluding hydrogens is 232 g/mol. The van der Waals surface area contributed by atoms with Gasteiger partial charge in [-0.25, -0.2) is 0 Å². The van der Waals surface area contributed by atoms with Crippen LogP contribution in [0.4, 0.5) is 8.78 Å². The van der Waals surface area contributed by atoms with E-state index in [2.05, 4.69) is 0 Å². The quantitative estimate of drug-likeness (QED) is 0.684. The van der Waals surface area contributed by atoms with E-state index >= 15 is 0 Å². The zero-order valence-electron chi connectivity index (χ0n) is 9.67. The molecule has 0 fully saturated rings. The Kier molecular flexibility index (Phi) is 2.06. The summed E-state index contributed by atoms with van der Waals surface area (Å²) in [4.78, 5) is 0. The molecule has 0 radical (unpaired) electrons. The van der Waals surface area contributed by atoms with Gasteiger partial charge in [0.25, 0.3) is 5.92 Å². The van der Waals surface area contributed by atoms with Crippen molar-refractivity contribution in [1.82, 2.24) is 0 Å². The molecule has 0 bridgehead atoms. The van der Waals surface area contributed by atoms with E-state index in [0.29, 0.717) is 11.1 Å². The highest BCUT2D eigenvalue weighted by Crippen LogP contribution is 2.51. The number of alkyl halides is 2. The minimum absolute atomic E-state index is 0.0348. The lowest BCUT2D eigenvalue weighted by Gasteiger charge is -2.12. The van der Waals surface area contributed by atoms with Crippen LogP contribution in [0.1, 0.15) is 22.3 Å². The Bertz CT molecular complexity index is 696. The van der Waals surface area contributed by atoms with Crippen LogP contribution in [-0.4, -0.2) is 0 Å². The fourth-order valence-corrected chi connectivity index (χ4v) is 2.41. The molecule has 0 aromatic heterocycles. The molecule has 1 aliphatic rings. The summed E-state index contributed by atoms with van der Waals surface area (Å²) in [5.74, 6) is -3.01. The van der Waals surface area contributed by atoms with E-state index < -0.39 is 5.92 Å². The van der Waals surface area contributed by atoms with Crippen molar-refractivity contribution in [3.8, 4) is 17.2 Å². The third kappa shape index (κ3) is 1.29. The maximum atomic E-state index is 14.3. The summed E-state index contributed by atoms with van der Waals surface area (Å²) in [6.45, 7) is 1.79. The first-order chi connectivity index (χ1) is 8.54. The van der Waals surface area contributed by atoms with E-state index in [9.17, 15) is 8.78 Å². The zero-order valence-corrected chi connectivity index (χ0v) is 9.67. The number of benzene rings is 2. The van der Waals surface area contributed by atoms with Gasteiger partial charge in [-0.15, -0.1) is 0 Å². The zero-order chi connectivity index (χ0) is 12.9. The van der Waals surface area contributed by atoms with Gasteiger partial charge in [0.2, 0.25) is 0 Å². The Morgan fingerprint density at radius 1 is 1.00 bits per heavy atom. The SMILES string of the molecule is Cc1ccc2c(c1)C(F)(F)c1cc(C#N)ccc1-2. The molecule has 88 valence electrons. The molecular formula is C15H9F2N. The molecule has 3 heteroatoms. The van der Waals surface area contributed by atoms with Crippen LogP contribution in [0.3, 0.4) is 0 Å². The summed E-state index contributed by atoms with van der Waals surface area (Å²) >= 11 is 0. The molecule has 3 rings (SSSR count). The number of fused-ring (bicyclic) bond motifs is 3. The predicted molar refractivity (Wildman–Crippen MR) is 64.3 cm³/mol. The smallest absolute Gasteiger partial charge is 0.196 e. The van der Waals surface area contributed by atoms with Crippen LogP contribution in [0.2, 0.25) is 0 Å². The maximum Gasteiger partial charge on any atom is 0.299 e. The normalized spacial score (nSPS) is 14.8. The Labute approximate surface area is 103 Å². The first-order valence-corrected chi connectivity index (χ1v) is 5.58. The number of halogens is 2. The van der Waals surface area contributed by atoms with Crippen molar-refractivity contribution in [3.05, 3.63) is 58.7 Å². The molecule has 0 N–H and O–H groups in total. The largest absolute Gasteiger partial charge is 0.299 e. The van der Waals surface area contributed by atoms with Gasteiger partial charge in [0.1, 0.15) is 0 Å². The highest BCUT2D eigenvalue weighted by atomic mass is 19.3. The van der Waals surface area contributed by atoms with Crippen molar-refractivity contribution in [1.29, 1.82) is 5.26 Å². The fourth-order valence-electron chi connectivity index (χ4n) is 2.41. The van der Waals surface area contributed by atoms with Crippen LogP contribution in [-0.2, 0) is 5.92 Å². The first-order valence-electron chi connectivity index (χ1n) is 5.58. The molecule has 0 heterocycles. The summed E-state index contributed by atoms with van der Waals surface area (Å²) in [5, 5.41) is 8.81. The van der Waals surface area contributed by atoms with Gasteiger partial charge in [-0.1, -0.05) is 23.8 Å². The highest BCUT2D eigenvalue weighted by Gasteiger charge is 2.44. The summed E-state index contributed by atoms with van der Waals surface area (Å²) < 4.78 is 28.6. The lowest BCUT2D eigenvalue weighted by atomic mass is 10.0. The highest BCUT2D eigenvalue weighted by molar-refractivity contribution is 5.80. The number of hydrogen-bond donors (Lipinski definition) is 0. The van der Waals surface area contributed by atoms with E-state index in [1.165, 1.54) is 12.1 Å². The lowest BCUT2D eigenvalue weighted by molar-refractivity contribution is 0.0479. The van der Waals surface area contributed by atoms with Gasteiger partial charge in [-0.05, 0) is 36.2 Å². The number of aryl methyl sites for hydroxylation is 1. The monoisotopic (exact) mass is 241 g/mol. The van der Waals surface area contributed by atoms with Crippen molar-refractivity contribution in [2.45, 2.75) is 12.8 Å². The second-order valence-electron chi connectivity index (χ2n) is 4.50. The molecule has 0 unspecified atom stereocenters. The minimum Gasteiger partial charge on any atom is -0.196 e. The Morgan fingerprint density at radius 3 is 2.28 bits per heavy atom. The Morgan fingerprint density at radius 2 is 1.61 bits per heavy atom. The maximum absolute atomic E-state index is 14.3. The van der Waals surface area contributed by atoms with Crippen LogP contribution in [0.5, 0.6) is 0 Å². The van der Waals surface area contributed by atoms with Crippen LogP contribution in [0.25, 0.3) is 11.1 Å². The van der Waals surface area contributed by atoms with Gasteiger partial charge >= 0.3 is 0 Å². The topological polar surface area (TPSA) is 23.8 Å². The molecule has 2 aromatic rings. The van der Waals surface area contributed by atoms with E-state index in [1.807, 2.05) is 12.1 Å². The molecule has 2 aromatic carbocycles. The number of nitriles is 1. The van der Waals surface area contributed by atoms with Crippen LogP contribution in [0.15, 0.2) is 36.4 Å². The van der Waals surface area contributed by atoms with Crippen LogP contribution < -0.4 is 0 Å². The minimum atomic E-state index is -3.01. The molecule has 0 atom stereocenters. The van der Waals surface area contributed by atoms with Crippen molar-refractivity contribution in [3.63, 3.8) is 0 Å². The average molecular weight is 241 g/mol. The third-order valence-electron chi connectivity index (χ3n) is 3.29. The summed E-state index contributed by atoms with van der Waals surface area (Å²) in [5.41, 5.74) is 2.12. The van der Waals surface area contributed by atoms with E-state index in [4.69, 9.17) is 5.26 Å². The standard InChI is InChI=1S/C15H9F2N/c1-9-2-4-11-12-5-3-10(8-18)7-14(12)15(16,17)13(11)6-9/h2-7H,1H3. The van der Waals surface area contributed by atoms with Crippen molar-refractivity contribution >= 4 is 0 Å². The van der Waals surface area contributed by atoms with E-state index in [-0.39, 0.29) is 16.7 Å². The average Bonchev–Trinajstić information content (AvgIpc) is 2.58. The molecule has 0 amide bonds. The number of nitrogens with zero attached hydrogens (tertiary/aromatic N) is 1. The molecule has 1 nitrogen and oxygen atoms in total. The van der Waals surface area contributed by atoms with Gasteiger partial charge < -0.3 is 0 Å². The van der Waals surface area contributed by atoms with E-state index in [0.717, 1.165) is 5.56 Å². The molecule has 0 saturated carbocycles. The Balaban J connectivity index is 2.35. The second-order valence-corrected chi connectivity index (χ2v) is 4.50. The van der Waals surface area contributed by atoms with Gasteiger partial charge in [0.05, 0.1) is 11.6 Å². The van der Waals surface area contributed by atoms with Crippen LogP contribution in [0, 0.1) is 18.3 Å². The van der Waals surface area contributed by atoms with Crippen molar-refractivity contribution in [2.24, 2.45) is 0 Å². The van der Waals surface area contributed by atoms with Gasteiger partial charge in [0, 0.05) is 11.1 Å². The molecule has 0 spiro atoms. The molecule has 1 aliphatic carbocycles.